The molecule has 0 fully saturated rings. The van der Waals surface area contributed by atoms with Gasteiger partial charge in [0.2, 0.25) is 0 Å². The normalized spacial score (nSPS) is 11.9. The van der Waals surface area contributed by atoms with Crippen molar-refractivity contribution in [2.24, 2.45) is 5.73 Å². The molecule has 2 amide bonds. The van der Waals surface area contributed by atoms with E-state index in [2.05, 4.69) is 24.5 Å². The average Bonchev–Trinajstić information content (AvgIpc) is 2.36. The van der Waals surface area contributed by atoms with E-state index in [9.17, 15) is 4.79 Å². The van der Waals surface area contributed by atoms with Gasteiger partial charge in [-0.1, -0.05) is 26.7 Å². The van der Waals surface area contributed by atoms with E-state index in [1.165, 1.54) is 19.3 Å². The van der Waals surface area contributed by atoms with Crippen LogP contribution in [0.3, 0.4) is 0 Å². The van der Waals surface area contributed by atoms with Crippen molar-refractivity contribution in [3.63, 3.8) is 0 Å². The number of nitrogens with one attached hydrogen (secondary N) is 2. The first-order valence-corrected chi connectivity index (χ1v) is 6.58. The number of nitrogens with two attached hydrogens (primary N) is 1. The lowest BCUT2D eigenvalue weighted by Crippen LogP contribution is -2.20. The number of rotatable bonds is 7. The van der Waals surface area contributed by atoms with Gasteiger partial charge in [0.1, 0.15) is 0 Å². The minimum Gasteiger partial charge on any atom is -0.382 e. The number of amides is 2. The molecule has 0 aliphatic rings. The maximum absolute atomic E-state index is 10.7. The maximum atomic E-state index is 10.7. The first-order valence-electron chi connectivity index (χ1n) is 6.58. The maximum Gasteiger partial charge on any atom is 0.316 e. The van der Waals surface area contributed by atoms with Gasteiger partial charge in [-0.15, -0.1) is 0 Å². The Hall–Kier alpha value is -1.71. The highest BCUT2D eigenvalue weighted by molar-refractivity contribution is 5.87. The molecule has 0 saturated carbocycles. The summed E-state index contributed by atoms with van der Waals surface area (Å²) < 4.78 is 0. The number of carbonyl (C=O) groups is 1. The molecule has 0 aliphatic heterocycles. The van der Waals surface area contributed by atoms with Crippen LogP contribution in [0.15, 0.2) is 24.3 Å². The third kappa shape index (κ3) is 5.08. The molecule has 0 aliphatic carbocycles. The standard InChI is InChI=1S/C14H23N3O/c1-3-5-6-11(4-2)16-12-7-9-13(10-8-12)17-14(15)18/h7-11,16H,3-6H2,1-2H3,(H3,15,17,18). The molecule has 1 rings (SSSR count). The molecule has 0 spiro atoms. The molecule has 0 aromatic heterocycles. The van der Waals surface area contributed by atoms with Crippen molar-refractivity contribution < 1.29 is 4.79 Å². The van der Waals surface area contributed by atoms with Crippen molar-refractivity contribution in [1.29, 1.82) is 0 Å². The summed E-state index contributed by atoms with van der Waals surface area (Å²) in [6.45, 7) is 4.40. The second kappa shape index (κ2) is 7.58. The van der Waals surface area contributed by atoms with Crippen molar-refractivity contribution in [2.75, 3.05) is 10.6 Å². The SMILES string of the molecule is CCCCC(CC)Nc1ccc(NC(N)=O)cc1. The number of benzene rings is 1. The van der Waals surface area contributed by atoms with Crippen molar-refractivity contribution in [1.82, 2.24) is 0 Å². The van der Waals surface area contributed by atoms with Crippen LogP contribution in [-0.2, 0) is 0 Å². The molecule has 0 heterocycles. The number of hydrogen-bond acceptors (Lipinski definition) is 2. The van der Waals surface area contributed by atoms with E-state index < -0.39 is 6.03 Å². The van der Waals surface area contributed by atoms with Crippen LogP contribution in [0.25, 0.3) is 0 Å². The highest BCUT2D eigenvalue weighted by Crippen LogP contribution is 2.17. The van der Waals surface area contributed by atoms with E-state index >= 15 is 0 Å². The fourth-order valence-electron chi connectivity index (χ4n) is 1.86. The van der Waals surface area contributed by atoms with Crippen LogP contribution >= 0.6 is 0 Å². The van der Waals surface area contributed by atoms with E-state index in [0.29, 0.717) is 6.04 Å². The van der Waals surface area contributed by atoms with Crippen molar-refractivity contribution in [3.05, 3.63) is 24.3 Å². The minimum atomic E-state index is -0.537. The van der Waals surface area contributed by atoms with E-state index in [1.807, 2.05) is 24.3 Å². The van der Waals surface area contributed by atoms with E-state index in [4.69, 9.17) is 5.73 Å². The summed E-state index contributed by atoms with van der Waals surface area (Å²) in [4.78, 5) is 10.7. The summed E-state index contributed by atoms with van der Waals surface area (Å²) in [5.74, 6) is 0. The van der Waals surface area contributed by atoms with Crippen LogP contribution in [0, 0.1) is 0 Å². The van der Waals surface area contributed by atoms with Crippen LogP contribution in [0.4, 0.5) is 16.2 Å². The van der Waals surface area contributed by atoms with Crippen LogP contribution in [-0.4, -0.2) is 12.1 Å². The molecule has 1 unspecified atom stereocenters. The smallest absolute Gasteiger partial charge is 0.316 e. The first kappa shape index (κ1) is 14.4. The van der Waals surface area contributed by atoms with Crippen molar-refractivity contribution in [2.45, 2.75) is 45.6 Å². The summed E-state index contributed by atoms with van der Waals surface area (Å²) in [6, 6.07) is 7.59. The predicted octanol–water partition coefficient (Wildman–Crippen LogP) is 3.56. The van der Waals surface area contributed by atoms with Crippen LogP contribution in [0.2, 0.25) is 0 Å². The van der Waals surface area contributed by atoms with Gasteiger partial charge in [0.15, 0.2) is 0 Å². The second-order valence-corrected chi connectivity index (χ2v) is 4.46. The molecule has 4 nitrogen and oxygen atoms in total. The summed E-state index contributed by atoms with van der Waals surface area (Å²) in [7, 11) is 0. The molecule has 0 radical (unpaired) electrons. The molecule has 1 aromatic carbocycles. The Labute approximate surface area is 109 Å². The minimum absolute atomic E-state index is 0.514. The van der Waals surface area contributed by atoms with Crippen molar-refractivity contribution >= 4 is 17.4 Å². The van der Waals surface area contributed by atoms with Crippen LogP contribution in [0.5, 0.6) is 0 Å². The van der Waals surface area contributed by atoms with E-state index in [0.717, 1.165) is 17.8 Å². The number of hydrogen-bond donors (Lipinski definition) is 3. The Balaban J connectivity index is 2.53. The van der Waals surface area contributed by atoms with Gasteiger partial charge in [0.25, 0.3) is 0 Å². The number of primary amides is 1. The van der Waals surface area contributed by atoms with Gasteiger partial charge in [-0.05, 0) is 37.1 Å². The molecule has 1 atom stereocenters. The fraction of sp³-hybridized carbons (Fsp3) is 0.500. The van der Waals surface area contributed by atoms with Gasteiger partial charge in [0, 0.05) is 17.4 Å². The molecule has 4 N–H and O–H groups in total. The van der Waals surface area contributed by atoms with E-state index in [-0.39, 0.29) is 0 Å². The van der Waals surface area contributed by atoms with Gasteiger partial charge in [-0.2, -0.15) is 0 Å². The monoisotopic (exact) mass is 249 g/mol. The topological polar surface area (TPSA) is 67.2 Å². The molecular formula is C14H23N3O. The Kier molecular flexibility index (Phi) is 6.05. The highest BCUT2D eigenvalue weighted by Gasteiger charge is 2.05. The second-order valence-electron chi connectivity index (χ2n) is 4.46. The molecule has 18 heavy (non-hydrogen) atoms. The quantitative estimate of drug-likeness (QED) is 0.691. The zero-order valence-electron chi connectivity index (χ0n) is 11.2. The number of anilines is 2. The summed E-state index contributed by atoms with van der Waals surface area (Å²) in [5.41, 5.74) is 6.85. The molecule has 0 bridgehead atoms. The van der Waals surface area contributed by atoms with Crippen molar-refractivity contribution in [3.8, 4) is 0 Å². The lowest BCUT2D eigenvalue weighted by Gasteiger charge is -2.18. The molecule has 4 heteroatoms. The first-order chi connectivity index (χ1) is 8.65. The lowest BCUT2D eigenvalue weighted by atomic mass is 10.1. The Morgan fingerprint density at radius 1 is 1.22 bits per heavy atom. The largest absolute Gasteiger partial charge is 0.382 e. The van der Waals surface area contributed by atoms with Crippen LogP contribution < -0.4 is 16.4 Å². The van der Waals surface area contributed by atoms with Gasteiger partial charge >= 0.3 is 6.03 Å². The van der Waals surface area contributed by atoms with E-state index in [1.54, 1.807) is 0 Å². The molecule has 100 valence electrons. The zero-order chi connectivity index (χ0) is 13.4. The Morgan fingerprint density at radius 3 is 2.33 bits per heavy atom. The number of carbonyl (C=O) groups excluding carboxylic acids is 1. The Morgan fingerprint density at radius 2 is 1.83 bits per heavy atom. The Bertz CT molecular complexity index is 362. The zero-order valence-corrected chi connectivity index (χ0v) is 11.2. The van der Waals surface area contributed by atoms with Gasteiger partial charge in [-0.3, -0.25) is 0 Å². The molecular weight excluding hydrogens is 226 g/mol. The third-order valence-electron chi connectivity index (χ3n) is 2.92. The van der Waals surface area contributed by atoms with Gasteiger partial charge in [-0.25, -0.2) is 4.79 Å². The fourth-order valence-corrected chi connectivity index (χ4v) is 1.86. The average molecular weight is 249 g/mol. The summed E-state index contributed by atoms with van der Waals surface area (Å²) in [5, 5.41) is 6.04. The van der Waals surface area contributed by atoms with Gasteiger partial charge in [0.05, 0.1) is 0 Å². The number of unbranched alkanes of at least 4 members (excludes halogenated alkanes) is 1. The highest BCUT2D eigenvalue weighted by atomic mass is 16.2. The summed E-state index contributed by atoms with van der Waals surface area (Å²) in [6.07, 6.45) is 4.77. The van der Waals surface area contributed by atoms with Gasteiger partial charge < -0.3 is 16.4 Å². The van der Waals surface area contributed by atoms with Crippen LogP contribution in [0.1, 0.15) is 39.5 Å². The summed E-state index contributed by atoms with van der Waals surface area (Å²) >= 11 is 0. The lowest BCUT2D eigenvalue weighted by molar-refractivity contribution is 0.259. The molecule has 1 aromatic rings. The third-order valence-corrected chi connectivity index (χ3v) is 2.92. The predicted molar refractivity (Wildman–Crippen MR) is 76.9 cm³/mol. The number of urea groups is 1. The molecule has 0 saturated heterocycles.